The second-order valence-corrected chi connectivity index (χ2v) is 8.66. The average Bonchev–Trinajstić information content (AvgIpc) is 3.15. The van der Waals surface area contributed by atoms with E-state index in [0.717, 1.165) is 40.1 Å². The van der Waals surface area contributed by atoms with Crippen LogP contribution in [0.3, 0.4) is 0 Å². The van der Waals surface area contributed by atoms with E-state index in [-0.39, 0.29) is 18.5 Å². The van der Waals surface area contributed by atoms with Gasteiger partial charge in [-0.05, 0) is 31.0 Å². The van der Waals surface area contributed by atoms with Crippen LogP contribution in [0.5, 0.6) is 5.75 Å². The second-order valence-electron chi connectivity index (χ2n) is 6.89. The van der Waals surface area contributed by atoms with Gasteiger partial charge in [0.25, 0.3) is 0 Å². The number of benzene rings is 1. The molecule has 1 aliphatic rings. The zero-order valence-corrected chi connectivity index (χ0v) is 18.3. The van der Waals surface area contributed by atoms with E-state index in [1.165, 1.54) is 18.3 Å². The number of esters is 1. The SMILES string of the molecule is COc1ccc(Br)cc1-c1nc(COC(=O)C2(NC(C)=O)CCCCC2)cs1. The monoisotopic (exact) mass is 466 g/mol. The topological polar surface area (TPSA) is 77.5 Å². The number of carbonyl (C=O) groups is 2. The fourth-order valence-corrected chi connectivity index (χ4v) is 4.68. The molecular weight excluding hydrogens is 444 g/mol. The number of halogens is 1. The highest BCUT2D eigenvalue weighted by atomic mass is 79.9. The standard InChI is InChI=1S/C20H23BrN2O4S/c1-13(24)23-20(8-4-3-5-9-20)19(25)27-11-15-12-28-18(22-15)16-10-14(21)6-7-17(16)26-2/h6-7,10,12H,3-5,8-9,11H2,1-2H3,(H,23,24). The summed E-state index contributed by atoms with van der Waals surface area (Å²) in [6, 6.07) is 5.73. The molecule has 0 saturated heterocycles. The molecule has 1 heterocycles. The van der Waals surface area contributed by atoms with Gasteiger partial charge in [-0.3, -0.25) is 4.79 Å². The van der Waals surface area contributed by atoms with Gasteiger partial charge in [0.05, 0.1) is 18.4 Å². The van der Waals surface area contributed by atoms with Crippen LogP contribution in [0.25, 0.3) is 10.6 Å². The lowest BCUT2D eigenvalue weighted by Gasteiger charge is -2.35. The van der Waals surface area contributed by atoms with Gasteiger partial charge in [0.1, 0.15) is 22.9 Å². The molecule has 0 bridgehead atoms. The first-order valence-corrected chi connectivity index (χ1v) is 10.8. The van der Waals surface area contributed by atoms with Crippen LogP contribution in [0.1, 0.15) is 44.7 Å². The lowest BCUT2D eigenvalue weighted by molar-refractivity contribution is -0.156. The van der Waals surface area contributed by atoms with Gasteiger partial charge in [-0.25, -0.2) is 9.78 Å². The molecule has 0 unspecified atom stereocenters. The van der Waals surface area contributed by atoms with Crippen LogP contribution in [0.4, 0.5) is 0 Å². The maximum absolute atomic E-state index is 12.8. The van der Waals surface area contributed by atoms with Crippen molar-refractivity contribution < 1.29 is 19.1 Å². The summed E-state index contributed by atoms with van der Waals surface area (Å²) in [5.74, 6) is 0.140. The number of aromatic nitrogens is 1. The Hall–Kier alpha value is -1.93. The second kappa shape index (κ2) is 9.05. The summed E-state index contributed by atoms with van der Waals surface area (Å²) in [6.07, 6.45) is 4.10. The number of thiazole rings is 1. The zero-order valence-electron chi connectivity index (χ0n) is 15.9. The third kappa shape index (κ3) is 4.72. The van der Waals surface area contributed by atoms with Gasteiger partial charge in [0.2, 0.25) is 5.91 Å². The highest BCUT2D eigenvalue weighted by Crippen LogP contribution is 2.35. The number of amides is 1. The molecule has 1 aromatic carbocycles. The van der Waals surface area contributed by atoms with Crippen LogP contribution in [0.15, 0.2) is 28.1 Å². The Balaban J connectivity index is 1.71. The predicted octanol–water partition coefficient (Wildman–Crippen LogP) is 4.46. The highest BCUT2D eigenvalue weighted by molar-refractivity contribution is 9.10. The van der Waals surface area contributed by atoms with E-state index in [1.807, 2.05) is 23.6 Å². The van der Waals surface area contributed by atoms with Gasteiger partial charge < -0.3 is 14.8 Å². The number of ether oxygens (including phenoxy) is 2. The normalized spacial score (nSPS) is 15.7. The molecule has 0 radical (unpaired) electrons. The lowest BCUT2D eigenvalue weighted by Crippen LogP contribution is -2.55. The Bertz CT molecular complexity index is 862. The minimum atomic E-state index is -0.906. The summed E-state index contributed by atoms with van der Waals surface area (Å²) in [5, 5.41) is 5.49. The Morgan fingerprint density at radius 3 is 2.71 bits per heavy atom. The number of hydrogen-bond donors (Lipinski definition) is 1. The molecule has 0 spiro atoms. The molecule has 1 aliphatic carbocycles. The van der Waals surface area contributed by atoms with Crippen LogP contribution in [-0.4, -0.2) is 29.5 Å². The van der Waals surface area contributed by atoms with E-state index in [4.69, 9.17) is 9.47 Å². The third-order valence-corrected chi connectivity index (χ3v) is 6.23. The third-order valence-electron chi connectivity index (χ3n) is 4.81. The van der Waals surface area contributed by atoms with E-state index in [9.17, 15) is 9.59 Å². The van der Waals surface area contributed by atoms with Crippen LogP contribution in [0, 0.1) is 0 Å². The van der Waals surface area contributed by atoms with Gasteiger partial charge in [0, 0.05) is 16.8 Å². The molecule has 8 heteroatoms. The van der Waals surface area contributed by atoms with Crippen LogP contribution < -0.4 is 10.1 Å². The number of hydrogen-bond acceptors (Lipinski definition) is 6. The lowest BCUT2D eigenvalue weighted by atomic mass is 9.81. The Kier molecular flexibility index (Phi) is 6.72. The van der Waals surface area contributed by atoms with Crippen LogP contribution in [-0.2, 0) is 20.9 Å². The quantitative estimate of drug-likeness (QED) is 0.635. The van der Waals surface area contributed by atoms with Gasteiger partial charge in [-0.1, -0.05) is 35.2 Å². The van der Waals surface area contributed by atoms with Crippen molar-refractivity contribution in [2.75, 3.05) is 7.11 Å². The molecule has 3 rings (SSSR count). The van der Waals surface area contributed by atoms with Crippen molar-refractivity contribution in [1.82, 2.24) is 10.3 Å². The van der Waals surface area contributed by atoms with Crippen LogP contribution >= 0.6 is 27.3 Å². The van der Waals surface area contributed by atoms with Crippen molar-refractivity contribution in [2.24, 2.45) is 0 Å². The molecule has 6 nitrogen and oxygen atoms in total. The van der Waals surface area contributed by atoms with Crippen LogP contribution in [0.2, 0.25) is 0 Å². The van der Waals surface area contributed by atoms with Crippen molar-refractivity contribution in [1.29, 1.82) is 0 Å². The molecule has 1 saturated carbocycles. The number of methoxy groups -OCH3 is 1. The summed E-state index contributed by atoms with van der Waals surface area (Å²) < 4.78 is 11.9. The molecule has 0 atom stereocenters. The molecule has 28 heavy (non-hydrogen) atoms. The van der Waals surface area contributed by atoms with E-state index in [1.54, 1.807) is 7.11 Å². The maximum atomic E-state index is 12.8. The molecule has 1 N–H and O–H groups in total. The molecule has 2 aromatic rings. The molecule has 0 aliphatic heterocycles. The van der Waals surface area contributed by atoms with Crippen molar-refractivity contribution in [3.63, 3.8) is 0 Å². The van der Waals surface area contributed by atoms with Crippen molar-refractivity contribution in [2.45, 2.75) is 51.2 Å². The summed E-state index contributed by atoms with van der Waals surface area (Å²) in [4.78, 5) is 28.9. The van der Waals surface area contributed by atoms with Crippen molar-refractivity contribution >= 4 is 39.1 Å². The van der Waals surface area contributed by atoms with Crippen molar-refractivity contribution in [3.05, 3.63) is 33.7 Å². The van der Waals surface area contributed by atoms with Gasteiger partial charge >= 0.3 is 5.97 Å². The van der Waals surface area contributed by atoms with Gasteiger partial charge in [-0.15, -0.1) is 11.3 Å². The van der Waals surface area contributed by atoms with Crippen molar-refractivity contribution in [3.8, 4) is 16.3 Å². The minimum absolute atomic E-state index is 0.0764. The largest absolute Gasteiger partial charge is 0.496 e. The smallest absolute Gasteiger partial charge is 0.332 e. The Morgan fingerprint density at radius 1 is 1.29 bits per heavy atom. The minimum Gasteiger partial charge on any atom is -0.496 e. The first-order valence-electron chi connectivity index (χ1n) is 9.18. The Labute approximate surface area is 176 Å². The van der Waals surface area contributed by atoms with E-state index < -0.39 is 5.54 Å². The first-order chi connectivity index (χ1) is 13.4. The number of nitrogens with zero attached hydrogens (tertiary/aromatic N) is 1. The number of rotatable bonds is 6. The summed E-state index contributed by atoms with van der Waals surface area (Å²) in [7, 11) is 1.62. The predicted molar refractivity (Wildman–Crippen MR) is 111 cm³/mol. The van der Waals surface area contributed by atoms with Gasteiger partial charge in [0.15, 0.2) is 0 Å². The number of carbonyl (C=O) groups excluding carboxylic acids is 2. The molecule has 1 amide bonds. The van der Waals surface area contributed by atoms with E-state index in [2.05, 4.69) is 26.2 Å². The van der Waals surface area contributed by atoms with E-state index in [0.29, 0.717) is 18.5 Å². The fraction of sp³-hybridized carbons (Fsp3) is 0.450. The zero-order chi connectivity index (χ0) is 20.1. The first kappa shape index (κ1) is 20.8. The van der Waals surface area contributed by atoms with Gasteiger partial charge in [-0.2, -0.15) is 0 Å². The summed E-state index contributed by atoms with van der Waals surface area (Å²) in [6.45, 7) is 1.51. The maximum Gasteiger partial charge on any atom is 0.332 e. The molecular formula is C20H23BrN2O4S. The summed E-state index contributed by atoms with van der Waals surface area (Å²) >= 11 is 4.93. The van der Waals surface area contributed by atoms with E-state index >= 15 is 0 Å². The molecule has 150 valence electrons. The number of nitrogens with one attached hydrogen (secondary N) is 1. The molecule has 1 aromatic heterocycles. The highest BCUT2D eigenvalue weighted by Gasteiger charge is 2.41. The average molecular weight is 467 g/mol. The summed E-state index contributed by atoms with van der Waals surface area (Å²) in [5.41, 5.74) is 0.641. The fourth-order valence-electron chi connectivity index (χ4n) is 3.49. The molecule has 1 fully saturated rings. The Morgan fingerprint density at radius 2 is 2.04 bits per heavy atom.